The van der Waals surface area contributed by atoms with Crippen molar-refractivity contribution in [2.75, 3.05) is 7.11 Å². The van der Waals surface area contributed by atoms with E-state index in [1.807, 2.05) is 6.07 Å². The van der Waals surface area contributed by atoms with Crippen molar-refractivity contribution in [1.82, 2.24) is 10.3 Å². The van der Waals surface area contributed by atoms with Gasteiger partial charge in [0.25, 0.3) is 11.5 Å². The van der Waals surface area contributed by atoms with Gasteiger partial charge in [0, 0.05) is 23.7 Å². The van der Waals surface area contributed by atoms with Gasteiger partial charge in [-0.1, -0.05) is 0 Å². The van der Waals surface area contributed by atoms with Crippen LogP contribution in [0.3, 0.4) is 0 Å². The largest absolute Gasteiger partial charge is 0.497 e. The number of aromatic amines is 1. The average molecular weight is 326 g/mol. The number of halogens is 1. The Bertz CT molecular complexity index is 949. The number of pyridine rings is 1. The number of amides is 1. The van der Waals surface area contributed by atoms with Crippen molar-refractivity contribution < 1.29 is 13.9 Å². The van der Waals surface area contributed by atoms with Crippen molar-refractivity contribution in [1.29, 1.82) is 0 Å². The van der Waals surface area contributed by atoms with Crippen molar-refractivity contribution >= 4 is 16.8 Å². The van der Waals surface area contributed by atoms with E-state index in [2.05, 4.69) is 10.3 Å². The number of ether oxygens (including phenoxy) is 1. The first kappa shape index (κ1) is 15.7. The summed E-state index contributed by atoms with van der Waals surface area (Å²) in [5, 5.41) is 3.49. The zero-order valence-corrected chi connectivity index (χ0v) is 12.9. The SMILES string of the molecule is COc1ccc2cc(CNC(=O)c3ccc(F)cc3)c(=O)[nH]c2c1. The number of aromatic nitrogens is 1. The lowest BCUT2D eigenvalue weighted by Gasteiger charge is -2.07. The van der Waals surface area contributed by atoms with E-state index in [4.69, 9.17) is 4.74 Å². The predicted octanol–water partition coefficient (Wildman–Crippen LogP) is 2.61. The molecule has 0 spiro atoms. The molecule has 122 valence electrons. The summed E-state index contributed by atoms with van der Waals surface area (Å²) in [6.07, 6.45) is 0. The number of benzene rings is 2. The van der Waals surface area contributed by atoms with Crippen molar-refractivity contribution in [3.05, 3.63) is 75.8 Å². The lowest BCUT2D eigenvalue weighted by atomic mass is 10.1. The lowest BCUT2D eigenvalue weighted by molar-refractivity contribution is 0.0951. The maximum Gasteiger partial charge on any atom is 0.253 e. The van der Waals surface area contributed by atoms with Gasteiger partial charge < -0.3 is 15.0 Å². The number of H-pyrrole nitrogens is 1. The first-order valence-corrected chi connectivity index (χ1v) is 7.30. The summed E-state index contributed by atoms with van der Waals surface area (Å²) in [6, 6.07) is 12.3. The van der Waals surface area contributed by atoms with Gasteiger partial charge in [-0.15, -0.1) is 0 Å². The van der Waals surface area contributed by atoms with Gasteiger partial charge in [-0.05, 0) is 47.9 Å². The maximum absolute atomic E-state index is 12.9. The van der Waals surface area contributed by atoms with Crippen LogP contribution in [0, 0.1) is 5.82 Å². The Balaban J connectivity index is 1.79. The predicted molar refractivity (Wildman–Crippen MR) is 88.7 cm³/mol. The molecule has 5 nitrogen and oxygen atoms in total. The number of rotatable bonds is 4. The highest BCUT2D eigenvalue weighted by molar-refractivity contribution is 5.94. The van der Waals surface area contributed by atoms with Gasteiger partial charge >= 0.3 is 0 Å². The van der Waals surface area contributed by atoms with Gasteiger partial charge in [0.15, 0.2) is 0 Å². The molecule has 6 heteroatoms. The second kappa shape index (κ2) is 6.54. The highest BCUT2D eigenvalue weighted by Gasteiger charge is 2.08. The number of fused-ring (bicyclic) bond motifs is 1. The third-order valence-electron chi connectivity index (χ3n) is 3.68. The summed E-state index contributed by atoms with van der Waals surface area (Å²) in [6.45, 7) is 0.0769. The monoisotopic (exact) mass is 326 g/mol. The van der Waals surface area contributed by atoms with Crippen LogP contribution in [0.25, 0.3) is 10.9 Å². The third kappa shape index (κ3) is 3.27. The van der Waals surface area contributed by atoms with Crippen LogP contribution in [-0.4, -0.2) is 18.0 Å². The van der Waals surface area contributed by atoms with Gasteiger partial charge in [-0.2, -0.15) is 0 Å². The molecule has 1 aromatic heterocycles. The van der Waals surface area contributed by atoms with Gasteiger partial charge in [-0.3, -0.25) is 9.59 Å². The van der Waals surface area contributed by atoms with E-state index >= 15 is 0 Å². The third-order valence-corrected chi connectivity index (χ3v) is 3.68. The fraction of sp³-hybridized carbons (Fsp3) is 0.111. The smallest absolute Gasteiger partial charge is 0.253 e. The zero-order valence-electron chi connectivity index (χ0n) is 12.9. The fourth-order valence-electron chi connectivity index (χ4n) is 2.36. The minimum atomic E-state index is -0.409. The van der Waals surface area contributed by atoms with E-state index in [0.29, 0.717) is 22.4 Å². The lowest BCUT2D eigenvalue weighted by Crippen LogP contribution is -2.26. The van der Waals surface area contributed by atoms with Crippen LogP contribution < -0.4 is 15.6 Å². The van der Waals surface area contributed by atoms with E-state index in [0.717, 1.165) is 5.39 Å². The summed E-state index contributed by atoms with van der Waals surface area (Å²) < 4.78 is 18.0. The van der Waals surface area contributed by atoms with Crippen LogP contribution in [0.4, 0.5) is 4.39 Å². The maximum atomic E-state index is 12.9. The number of hydrogen-bond donors (Lipinski definition) is 2. The number of nitrogens with one attached hydrogen (secondary N) is 2. The zero-order chi connectivity index (χ0) is 17.1. The minimum absolute atomic E-state index is 0.0769. The molecule has 0 bridgehead atoms. The Labute approximate surface area is 137 Å². The normalized spacial score (nSPS) is 10.6. The van der Waals surface area contributed by atoms with E-state index in [1.54, 1.807) is 25.3 Å². The summed E-state index contributed by atoms with van der Waals surface area (Å²) in [5.41, 5.74) is 1.14. The Morgan fingerprint density at radius 2 is 1.92 bits per heavy atom. The Morgan fingerprint density at radius 3 is 2.62 bits per heavy atom. The summed E-state index contributed by atoms with van der Waals surface area (Å²) in [7, 11) is 1.55. The minimum Gasteiger partial charge on any atom is -0.497 e. The molecule has 0 saturated carbocycles. The highest BCUT2D eigenvalue weighted by atomic mass is 19.1. The standard InChI is InChI=1S/C18H15FN2O3/c1-24-15-7-4-12-8-13(18(23)21-16(12)9-15)10-20-17(22)11-2-5-14(19)6-3-11/h2-9H,10H2,1H3,(H,20,22)(H,21,23). The van der Waals surface area contributed by atoms with Gasteiger partial charge in [0.2, 0.25) is 0 Å². The fourth-order valence-corrected chi connectivity index (χ4v) is 2.36. The number of hydrogen-bond acceptors (Lipinski definition) is 3. The molecule has 2 aromatic carbocycles. The second-order valence-corrected chi connectivity index (χ2v) is 5.27. The molecule has 0 radical (unpaired) electrons. The Kier molecular flexibility index (Phi) is 4.29. The molecular formula is C18H15FN2O3. The van der Waals surface area contributed by atoms with Crippen LogP contribution in [0.5, 0.6) is 5.75 Å². The van der Waals surface area contributed by atoms with Crippen LogP contribution in [0.15, 0.2) is 53.3 Å². The van der Waals surface area contributed by atoms with Crippen LogP contribution >= 0.6 is 0 Å². The van der Waals surface area contributed by atoms with E-state index < -0.39 is 5.82 Å². The molecule has 0 fully saturated rings. The molecule has 0 unspecified atom stereocenters. The van der Waals surface area contributed by atoms with Crippen LogP contribution in [-0.2, 0) is 6.54 Å². The summed E-state index contributed by atoms with van der Waals surface area (Å²) in [5.74, 6) is -0.132. The Hall–Kier alpha value is -3.15. The molecule has 3 aromatic rings. The quantitative estimate of drug-likeness (QED) is 0.774. The summed E-state index contributed by atoms with van der Waals surface area (Å²) >= 11 is 0. The number of methoxy groups -OCH3 is 1. The molecule has 0 aliphatic rings. The van der Waals surface area contributed by atoms with Crippen LogP contribution in [0.2, 0.25) is 0 Å². The molecule has 0 aliphatic carbocycles. The first-order valence-electron chi connectivity index (χ1n) is 7.30. The summed E-state index contributed by atoms with van der Waals surface area (Å²) in [4.78, 5) is 26.9. The second-order valence-electron chi connectivity index (χ2n) is 5.27. The van der Waals surface area contributed by atoms with Gasteiger partial charge in [-0.25, -0.2) is 4.39 Å². The van der Waals surface area contributed by atoms with Crippen molar-refractivity contribution in [3.8, 4) is 5.75 Å². The molecular weight excluding hydrogens is 311 g/mol. The molecule has 2 N–H and O–H groups in total. The molecule has 0 aliphatic heterocycles. The molecule has 0 atom stereocenters. The molecule has 3 rings (SSSR count). The average Bonchev–Trinajstić information content (AvgIpc) is 2.59. The van der Waals surface area contributed by atoms with Gasteiger partial charge in [0.05, 0.1) is 12.6 Å². The molecule has 24 heavy (non-hydrogen) atoms. The van der Waals surface area contributed by atoms with Crippen molar-refractivity contribution in [2.45, 2.75) is 6.54 Å². The van der Waals surface area contributed by atoms with Crippen LogP contribution in [0.1, 0.15) is 15.9 Å². The Morgan fingerprint density at radius 1 is 1.17 bits per heavy atom. The number of carbonyl (C=O) groups is 1. The molecule has 0 saturated heterocycles. The highest BCUT2D eigenvalue weighted by Crippen LogP contribution is 2.18. The molecule has 1 amide bonds. The number of carbonyl (C=O) groups excluding carboxylic acids is 1. The molecule has 1 heterocycles. The first-order chi connectivity index (χ1) is 11.6. The van der Waals surface area contributed by atoms with Gasteiger partial charge in [0.1, 0.15) is 11.6 Å². The van der Waals surface area contributed by atoms with Crippen molar-refractivity contribution in [3.63, 3.8) is 0 Å². The van der Waals surface area contributed by atoms with E-state index in [-0.39, 0.29) is 18.0 Å². The van der Waals surface area contributed by atoms with E-state index in [9.17, 15) is 14.0 Å². The topological polar surface area (TPSA) is 71.2 Å². The van der Waals surface area contributed by atoms with E-state index in [1.165, 1.54) is 24.3 Å². The van der Waals surface area contributed by atoms with Crippen molar-refractivity contribution in [2.24, 2.45) is 0 Å².